The molecule has 0 radical (unpaired) electrons. The van der Waals surface area contributed by atoms with Crippen molar-refractivity contribution in [1.82, 2.24) is 9.97 Å². The Bertz CT molecular complexity index is 968. The molecule has 0 aliphatic heterocycles. The van der Waals surface area contributed by atoms with E-state index >= 15 is 0 Å². The number of rotatable bonds is 4. The molecule has 1 N–H and O–H groups in total. The monoisotopic (exact) mass is 354 g/mol. The summed E-state index contributed by atoms with van der Waals surface area (Å²) in [4.78, 5) is 30.7. The summed E-state index contributed by atoms with van der Waals surface area (Å²) in [5.74, 6) is 0.0460. The second kappa shape index (κ2) is 8.80. The van der Waals surface area contributed by atoms with Gasteiger partial charge in [0.2, 0.25) is 5.71 Å². The van der Waals surface area contributed by atoms with Crippen molar-refractivity contribution in [2.24, 2.45) is 0 Å². The van der Waals surface area contributed by atoms with Crippen LogP contribution in [0.4, 0.5) is 0 Å². The van der Waals surface area contributed by atoms with Gasteiger partial charge in [-0.05, 0) is 19.9 Å². The molecular formula is C20H22N2O4. The Hall–Kier alpha value is -3.15. The van der Waals surface area contributed by atoms with Gasteiger partial charge < -0.3 is 14.1 Å². The number of esters is 1. The second-order valence-electron chi connectivity index (χ2n) is 5.17. The molecule has 0 atom stereocenters. The summed E-state index contributed by atoms with van der Waals surface area (Å²) in [5, 5.41) is 0.306. The van der Waals surface area contributed by atoms with Gasteiger partial charge in [-0.1, -0.05) is 44.2 Å². The zero-order chi connectivity index (χ0) is 19.1. The van der Waals surface area contributed by atoms with Gasteiger partial charge in [0.05, 0.1) is 12.9 Å². The smallest absolute Gasteiger partial charge is 0.333 e. The zero-order valence-electron chi connectivity index (χ0n) is 15.3. The Kier molecular flexibility index (Phi) is 6.49. The van der Waals surface area contributed by atoms with E-state index in [9.17, 15) is 9.59 Å². The van der Waals surface area contributed by atoms with Crippen LogP contribution in [0.15, 0.2) is 51.4 Å². The van der Waals surface area contributed by atoms with Crippen molar-refractivity contribution in [2.45, 2.75) is 27.7 Å². The molecule has 0 saturated carbocycles. The molecule has 0 saturated heterocycles. The molecule has 6 nitrogen and oxygen atoms in total. The first-order valence-electron chi connectivity index (χ1n) is 8.52. The van der Waals surface area contributed by atoms with Gasteiger partial charge in [-0.15, -0.1) is 0 Å². The molecule has 0 fully saturated rings. The summed E-state index contributed by atoms with van der Waals surface area (Å²) in [6.45, 7) is 7.66. The van der Waals surface area contributed by atoms with Gasteiger partial charge in [0.1, 0.15) is 11.1 Å². The highest BCUT2D eigenvalue weighted by Crippen LogP contribution is 2.32. The van der Waals surface area contributed by atoms with Crippen LogP contribution in [-0.2, 0) is 9.53 Å². The van der Waals surface area contributed by atoms with Crippen LogP contribution in [0, 0.1) is 0 Å². The lowest BCUT2D eigenvalue weighted by Crippen LogP contribution is -2.07. The van der Waals surface area contributed by atoms with Crippen LogP contribution in [-0.4, -0.2) is 22.5 Å². The number of fused-ring (bicyclic) bond motifs is 1. The fraction of sp³-hybridized carbons (Fsp3) is 0.250. The standard InChI is InChI=1S/C18H16N2O4.C2H6/c1-3-23-18(22)11(2)9-13-14-16(21)19-10-20-17(14)24-15(13)12-7-5-4-6-8-12;1-2/h4-10H,3H2,1-2H3,(H,19,20,21);1-2H3/b11-9+;. The number of furan rings is 1. The molecule has 0 bridgehead atoms. The lowest BCUT2D eigenvalue weighted by Gasteiger charge is -2.02. The van der Waals surface area contributed by atoms with Crippen LogP contribution >= 0.6 is 0 Å². The van der Waals surface area contributed by atoms with E-state index in [4.69, 9.17) is 9.15 Å². The predicted octanol–water partition coefficient (Wildman–Crippen LogP) is 4.18. The number of hydrogen-bond acceptors (Lipinski definition) is 5. The van der Waals surface area contributed by atoms with Crippen molar-refractivity contribution in [2.75, 3.05) is 6.61 Å². The highest BCUT2D eigenvalue weighted by atomic mass is 16.5. The lowest BCUT2D eigenvalue weighted by molar-refractivity contribution is -0.138. The van der Waals surface area contributed by atoms with Gasteiger partial charge in [0.15, 0.2) is 0 Å². The number of aromatic amines is 1. The van der Waals surface area contributed by atoms with E-state index in [-0.39, 0.29) is 17.9 Å². The summed E-state index contributed by atoms with van der Waals surface area (Å²) in [6, 6.07) is 9.35. The predicted molar refractivity (Wildman–Crippen MR) is 102 cm³/mol. The van der Waals surface area contributed by atoms with E-state index in [1.165, 1.54) is 6.33 Å². The number of H-pyrrole nitrogens is 1. The van der Waals surface area contributed by atoms with Crippen molar-refractivity contribution < 1.29 is 13.9 Å². The number of hydrogen-bond donors (Lipinski definition) is 1. The van der Waals surface area contributed by atoms with Crippen molar-refractivity contribution >= 4 is 23.1 Å². The summed E-state index contributed by atoms with van der Waals surface area (Å²) >= 11 is 0. The van der Waals surface area contributed by atoms with E-state index in [0.717, 1.165) is 5.56 Å². The molecule has 0 aliphatic carbocycles. The van der Waals surface area contributed by atoms with Crippen LogP contribution in [0.25, 0.3) is 28.5 Å². The van der Waals surface area contributed by atoms with Gasteiger partial charge in [0, 0.05) is 16.7 Å². The third kappa shape index (κ3) is 3.91. The van der Waals surface area contributed by atoms with E-state index < -0.39 is 5.97 Å². The van der Waals surface area contributed by atoms with Crippen LogP contribution in [0.3, 0.4) is 0 Å². The number of nitrogens with zero attached hydrogens (tertiary/aromatic N) is 1. The Morgan fingerprint density at radius 2 is 1.96 bits per heavy atom. The minimum atomic E-state index is -0.439. The molecule has 3 rings (SSSR count). The molecule has 3 aromatic rings. The fourth-order valence-corrected chi connectivity index (χ4v) is 2.43. The van der Waals surface area contributed by atoms with E-state index in [1.807, 2.05) is 44.2 Å². The van der Waals surface area contributed by atoms with Gasteiger partial charge in [-0.25, -0.2) is 9.78 Å². The maximum Gasteiger partial charge on any atom is 0.333 e. The molecule has 0 unspecified atom stereocenters. The quantitative estimate of drug-likeness (QED) is 0.561. The molecular weight excluding hydrogens is 332 g/mol. The number of aromatic nitrogens is 2. The second-order valence-corrected chi connectivity index (χ2v) is 5.17. The van der Waals surface area contributed by atoms with E-state index in [2.05, 4.69) is 9.97 Å². The number of carbonyl (C=O) groups is 1. The average molecular weight is 354 g/mol. The SMILES string of the molecule is CC.CCOC(=O)/C(C)=C/c1c(-c2ccccc2)oc2nc[nH]c(=O)c12. The maximum absolute atomic E-state index is 12.2. The number of nitrogens with one attached hydrogen (secondary N) is 1. The molecule has 0 amide bonds. The third-order valence-electron chi connectivity index (χ3n) is 3.53. The van der Waals surface area contributed by atoms with Crippen LogP contribution in [0.5, 0.6) is 0 Å². The summed E-state index contributed by atoms with van der Waals surface area (Å²) < 4.78 is 10.8. The molecule has 6 heteroatoms. The molecule has 0 spiro atoms. The minimum Gasteiger partial charge on any atom is -0.463 e. The minimum absolute atomic E-state index is 0.223. The maximum atomic E-state index is 12.2. The Morgan fingerprint density at radius 3 is 2.62 bits per heavy atom. The third-order valence-corrected chi connectivity index (χ3v) is 3.53. The highest BCUT2D eigenvalue weighted by Gasteiger charge is 2.19. The summed E-state index contributed by atoms with van der Waals surface area (Å²) in [7, 11) is 0. The molecule has 0 aliphatic rings. The highest BCUT2D eigenvalue weighted by molar-refractivity contribution is 5.99. The lowest BCUT2D eigenvalue weighted by atomic mass is 10.0. The zero-order valence-corrected chi connectivity index (χ0v) is 15.3. The Morgan fingerprint density at radius 1 is 1.27 bits per heavy atom. The van der Waals surface area contributed by atoms with Crippen molar-refractivity contribution in [1.29, 1.82) is 0 Å². The Labute approximate surface area is 151 Å². The van der Waals surface area contributed by atoms with Gasteiger partial charge >= 0.3 is 5.97 Å². The van der Waals surface area contributed by atoms with Gasteiger partial charge in [-0.3, -0.25) is 4.79 Å². The van der Waals surface area contributed by atoms with Crippen molar-refractivity contribution in [3.8, 4) is 11.3 Å². The van der Waals surface area contributed by atoms with Crippen LogP contribution < -0.4 is 5.56 Å². The molecule has 1 aromatic carbocycles. The molecule has 2 heterocycles. The van der Waals surface area contributed by atoms with Gasteiger partial charge in [0.25, 0.3) is 5.56 Å². The van der Waals surface area contributed by atoms with Crippen molar-refractivity contribution in [3.63, 3.8) is 0 Å². The molecule has 136 valence electrons. The van der Waals surface area contributed by atoms with Crippen LogP contribution in [0.2, 0.25) is 0 Å². The average Bonchev–Trinajstić information content (AvgIpc) is 3.04. The largest absolute Gasteiger partial charge is 0.463 e. The number of benzene rings is 1. The van der Waals surface area contributed by atoms with E-state index in [1.54, 1.807) is 19.9 Å². The van der Waals surface area contributed by atoms with Crippen LogP contribution in [0.1, 0.15) is 33.3 Å². The number of carbonyl (C=O) groups excluding carboxylic acids is 1. The molecule has 26 heavy (non-hydrogen) atoms. The summed E-state index contributed by atoms with van der Waals surface area (Å²) in [6.07, 6.45) is 2.89. The normalized spacial score (nSPS) is 11.0. The van der Waals surface area contributed by atoms with Gasteiger partial charge in [-0.2, -0.15) is 0 Å². The number of ether oxygens (including phenoxy) is 1. The first kappa shape index (κ1) is 19.2. The molecule has 2 aromatic heterocycles. The first-order chi connectivity index (χ1) is 12.6. The Balaban J connectivity index is 0.00000117. The first-order valence-corrected chi connectivity index (χ1v) is 8.52. The van der Waals surface area contributed by atoms with Crippen molar-refractivity contribution in [3.05, 3.63) is 58.1 Å². The fourth-order valence-electron chi connectivity index (χ4n) is 2.43. The summed E-state index contributed by atoms with van der Waals surface area (Å²) in [5.41, 5.74) is 1.57. The van der Waals surface area contributed by atoms with E-state index in [0.29, 0.717) is 22.3 Å². The topological polar surface area (TPSA) is 85.2 Å².